The zero-order valence-corrected chi connectivity index (χ0v) is 12.3. The number of phenols is 2. The standard InChI is InChI=1S/C15H12Cl2O4/c16-10-6-9(14(19)12(17)7-10)3-1-8-2-4-11(15(20)21)13(18)5-8/h2,4-7,18-19H,1,3H2,(H,20,21). The molecule has 0 heterocycles. The number of carboxylic acid groups (broad SMARTS) is 1. The summed E-state index contributed by atoms with van der Waals surface area (Å²) < 4.78 is 0. The number of hydrogen-bond acceptors (Lipinski definition) is 3. The van der Waals surface area contributed by atoms with Crippen LogP contribution in [0.5, 0.6) is 11.5 Å². The summed E-state index contributed by atoms with van der Waals surface area (Å²) in [5.41, 5.74) is 1.19. The summed E-state index contributed by atoms with van der Waals surface area (Å²) in [6.07, 6.45) is 0.954. The molecule has 0 spiro atoms. The summed E-state index contributed by atoms with van der Waals surface area (Å²) in [4.78, 5) is 10.8. The van der Waals surface area contributed by atoms with Crippen LogP contribution in [-0.2, 0) is 12.8 Å². The Balaban J connectivity index is 2.17. The molecule has 0 amide bonds. The Labute approximate surface area is 131 Å². The monoisotopic (exact) mass is 326 g/mol. The molecule has 0 aliphatic heterocycles. The molecule has 21 heavy (non-hydrogen) atoms. The first-order valence-corrected chi connectivity index (χ1v) is 6.86. The van der Waals surface area contributed by atoms with Crippen LogP contribution in [0, 0.1) is 0 Å². The van der Waals surface area contributed by atoms with E-state index in [1.165, 1.54) is 18.2 Å². The lowest BCUT2D eigenvalue weighted by molar-refractivity contribution is 0.0693. The van der Waals surface area contributed by atoms with Gasteiger partial charge in [0, 0.05) is 5.02 Å². The van der Waals surface area contributed by atoms with Crippen molar-refractivity contribution in [2.45, 2.75) is 12.8 Å². The summed E-state index contributed by atoms with van der Waals surface area (Å²) in [5, 5.41) is 28.9. The van der Waals surface area contributed by atoms with E-state index in [4.69, 9.17) is 28.3 Å². The fourth-order valence-corrected chi connectivity index (χ4v) is 2.54. The number of hydrogen-bond donors (Lipinski definition) is 3. The Kier molecular flexibility index (Phi) is 4.60. The van der Waals surface area contributed by atoms with Gasteiger partial charge in [-0.05, 0) is 48.2 Å². The largest absolute Gasteiger partial charge is 0.507 e. The van der Waals surface area contributed by atoms with E-state index in [2.05, 4.69) is 0 Å². The molecular weight excluding hydrogens is 315 g/mol. The minimum Gasteiger partial charge on any atom is -0.507 e. The lowest BCUT2D eigenvalue weighted by Gasteiger charge is -2.08. The Hall–Kier alpha value is -1.91. The summed E-state index contributed by atoms with van der Waals surface area (Å²) in [7, 11) is 0. The zero-order valence-electron chi connectivity index (χ0n) is 10.8. The minimum atomic E-state index is -1.18. The average Bonchev–Trinajstić information content (AvgIpc) is 2.40. The van der Waals surface area contributed by atoms with Gasteiger partial charge in [-0.1, -0.05) is 29.3 Å². The van der Waals surface area contributed by atoms with Crippen molar-refractivity contribution >= 4 is 29.2 Å². The number of carbonyl (C=O) groups is 1. The van der Waals surface area contributed by atoms with Gasteiger partial charge in [0.05, 0.1) is 5.02 Å². The van der Waals surface area contributed by atoms with Crippen LogP contribution < -0.4 is 0 Å². The molecule has 6 heteroatoms. The molecule has 0 bridgehead atoms. The second kappa shape index (κ2) is 6.24. The summed E-state index contributed by atoms with van der Waals surface area (Å²) in [6.45, 7) is 0. The van der Waals surface area contributed by atoms with Crippen LogP contribution >= 0.6 is 23.2 Å². The van der Waals surface area contributed by atoms with Crippen molar-refractivity contribution in [3.63, 3.8) is 0 Å². The quantitative estimate of drug-likeness (QED) is 0.796. The van der Waals surface area contributed by atoms with Crippen molar-refractivity contribution in [3.8, 4) is 11.5 Å². The predicted molar refractivity (Wildman–Crippen MR) is 80.6 cm³/mol. The van der Waals surface area contributed by atoms with Gasteiger partial charge in [-0.2, -0.15) is 0 Å². The van der Waals surface area contributed by atoms with E-state index in [9.17, 15) is 15.0 Å². The first kappa shape index (κ1) is 15.5. The molecule has 0 saturated carbocycles. The SMILES string of the molecule is O=C(O)c1ccc(CCc2cc(Cl)cc(Cl)c2O)cc1O. The van der Waals surface area contributed by atoms with Crippen molar-refractivity contribution in [2.75, 3.05) is 0 Å². The Morgan fingerprint density at radius 3 is 2.38 bits per heavy atom. The number of aromatic hydroxyl groups is 2. The van der Waals surface area contributed by atoms with Gasteiger partial charge in [-0.3, -0.25) is 0 Å². The third-order valence-electron chi connectivity index (χ3n) is 3.08. The van der Waals surface area contributed by atoms with Gasteiger partial charge in [-0.25, -0.2) is 4.79 Å². The summed E-state index contributed by atoms with van der Waals surface area (Å²) in [5.74, 6) is -1.49. The van der Waals surface area contributed by atoms with Gasteiger partial charge in [0.25, 0.3) is 0 Å². The molecule has 0 fully saturated rings. The second-order valence-corrected chi connectivity index (χ2v) is 5.40. The van der Waals surface area contributed by atoms with Crippen LogP contribution in [0.15, 0.2) is 30.3 Å². The first-order chi connectivity index (χ1) is 9.88. The molecular formula is C15H12Cl2O4. The average molecular weight is 327 g/mol. The minimum absolute atomic E-state index is 0.0209. The lowest BCUT2D eigenvalue weighted by atomic mass is 10.0. The van der Waals surface area contributed by atoms with Gasteiger partial charge in [0.15, 0.2) is 0 Å². The number of halogens is 2. The fraction of sp³-hybridized carbons (Fsp3) is 0.133. The molecule has 0 aliphatic rings. The summed E-state index contributed by atoms with van der Waals surface area (Å²) >= 11 is 11.7. The zero-order chi connectivity index (χ0) is 15.6. The normalized spacial score (nSPS) is 10.6. The van der Waals surface area contributed by atoms with Gasteiger partial charge >= 0.3 is 5.97 Å². The fourth-order valence-electron chi connectivity index (χ4n) is 2.00. The molecule has 0 unspecified atom stereocenters. The van der Waals surface area contributed by atoms with E-state index >= 15 is 0 Å². The molecule has 0 aromatic heterocycles. The van der Waals surface area contributed by atoms with Crippen LogP contribution in [0.4, 0.5) is 0 Å². The van der Waals surface area contributed by atoms with Crippen molar-refractivity contribution in [1.29, 1.82) is 0 Å². The second-order valence-electron chi connectivity index (χ2n) is 4.55. The molecule has 0 atom stereocenters. The van der Waals surface area contributed by atoms with Crippen LogP contribution in [0.2, 0.25) is 10.0 Å². The maximum absolute atomic E-state index is 10.8. The molecule has 4 nitrogen and oxygen atoms in total. The predicted octanol–water partition coefficient (Wildman–Crippen LogP) is 3.89. The smallest absolute Gasteiger partial charge is 0.339 e. The van der Waals surface area contributed by atoms with Gasteiger partial charge < -0.3 is 15.3 Å². The van der Waals surface area contributed by atoms with Gasteiger partial charge in [0.1, 0.15) is 17.1 Å². The molecule has 0 aliphatic carbocycles. The first-order valence-electron chi connectivity index (χ1n) is 6.10. The Morgan fingerprint density at radius 2 is 1.76 bits per heavy atom. The lowest BCUT2D eigenvalue weighted by Crippen LogP contribution is -1.98. The molecule has 0 saturated heterocycles. The van der Waals surface area contributed by atoms with Crippen LogP contribution in [0.3, 0.4) is 0 Å². The molecule has 3 N–H and O–H groups in total. The molecule has 2 aromatic carbocycles. The summed E-state index contributed by atoms with van der Waals surface area (Å²) in [6, 6.07) is 7.43. The van der Waals surface area contributed by atoms with E-state index < -0.39 is 5.97 Å². The molecule has 2 aromatic rings. The van der Waals surface area contributed by atoms with Crippen LogP contribution in [0.25, 0.3) is 0 Å². The molecule has 0 radical (unpaired) electrons. The Morgan fingerprint density at radius 1 is 1.05 bits per heavy atom. The highest BCUT2D eigenvalue weighted by Gasteiger charge is 2.11. The van der Waals surface area contributed by atoms with Crippen LogP contribution in [0.1, 0.15) is 21.5 Å². The van der Waals surface area contributed by atoms with Crippen molar-refractivity contribution < 1.29 is 20.1 Å². The van der Waals surface area contributed by atoms with E-state index in [0.29, 0.717) is 23.4 Å². The highest BCUT2D eigenvalue weighted by molar-refractivity contribution is 6.35. The van der Waals surface area contributed by atoms with Crippen LogP contribution in [-0.4, -0.2) is 21.3 Å². The Bertz CT molecular complexity index is 698. The topological polar surface area (TPSA) is 77.8 Å². The molecule has 2 rings (SSSR count). The highest BCUT2D eigenvalue weighted by atomic mass is 35.5. The number of aromatic carboxylic acids is 1. The van der Waals surface area contributed by atoms with E-state index in [0.717, 1.165) is 5.56 Å². The van der Waals surface area contributed by atoms with Crippen molar-refractivity contribution in [2.24, 2.45) is 0 Å². The van der Waals surface area contributed by atoms with Gasteiger partial charge in [0.2, 0.25) is 0 Å². The van der Waals surface area contributed by atoms with E-state index in [-0.39, 0.29) is 22.1 Å². The number of aryl methyl sites for hydroxylation is 2. The maximum atomic E-state index is 10.8. The van der Waals surface area contributed by atoms with E-state index in [1.807, 2.05) is 0 Å². The highest BCUT2D eigenvalue weighted by Crippen LogP contribution is 2.32. The van der Waals surface area contributed by atoms with Crippen molar-refractivity contribution in [3.05, 3.63) is 57.1 Å². The number of rotatable bonds is 4. The number of carboxylic acids is 1. The number of phenolic OH excluding ortho intramolecular Hbond substituents is 1. The molecule has 110 valence electrons. The van der Waals surface area contributed by atoms with Gasteiger partial charge in [-0.15, -0.1) is 0 Å². The number of benzene rings is 2. The van der Waals surface area contributed by atoms with Crippen molar-refractivity contribution in [1.82, 2.24) is 0 Å². The third-order valence-corrected chi connectivity index (χ3v) is 3.59. The third kappa shape index (κ3) is 3.60. The maximum Gasteiger partial charge on any atom is 0.339 e. The van der Waals surface area contributed by atoms with E-state index in [1.54, 1.807) is 12.1 Å².